The highest BCUT2D eigenvalue weighted by Crippen LogP contribution is 2.26. The van der Waals surface area contributed by atoms with Gasteiger partial charge in [0.05, 0.1) is 19.6 Å². The molecule has 0 radical (unpaired) electrons. The van der Waals surface area contributed by atoms with E-state index in [4.69, 9.17) is 16.3 Å². The molecule has 0 fully saturated rings. The maximum absolute atomic E-state index is 11.1. The number of rotatable bonds is 8. The summed E-state index contributed by atoms with van der Waals surface area (Å²) in [5.41, 5.74) is 0.812. The SMILES string of the molecule is COC(=O)CCC(CC(OC)c1ccc(Cl)cc1)[N+](=O)[O-]. The van der Waals surface area contributed by atoms with Crippen LogP contribution in [0.5, 0.6) is 0 Å². The Morgan fingerprint density at radius 2 is 1.95 bits per heavy atom. The Morgan fingerprint density at radius 1 is 1.33 bits per heavy atom. The summed E-state index contributed by atoms with van der Waals surface area (Å²) in [6, 6.07) is 6.09. The fraction of sp³-hybridized carbons (Fsp3) is 0.500. The topological polar surface area (TPSA) is 78.7 Å². The molecular weight excluding hydrogens is 298 g/mol. The van der Waals surface area contributed by atoms with Crippen LogP contribution in [0, 0.1) is 10.1 Å². The second-order valence-corrected chi connectivity index (χ2v) is 5.00. The lowest BCUT2D eigenvalue weighted by Crippen LogP contribution is -2.24. The number of carbonyl (C=O) groups is 1. The van der Waals surface area contributed by atoms with Crippen LogP contribution in [0.15, 0.2) is 24.3 Å². The molecule has 0 heterocycles. The van der Waals surface area contributed by atoms with Crippen LogP contribution in [0.1, 0.15) is 30.9 Å². The van der Waals surface area contributed by atoms with Gasteiger partial charge in [-0.2, -0.15) is 0 Å². The third kappa shape index (κ3) is 5.69. The summed E-state index contributed by atoms with van der Waals surface area (Å²) in [5.74, 6) is -0.456. The average Bonchev–Trinajstić information content (AvgIpc) is 2.48. The summed E-state index contributed by atoms with van der Waals surface area (Å²) in [4.78, 5) is 21.8. The Kier molecular flexibility index (Phi) is 7.11. The van der Waals surface area contributed by atoms with Crippen molar-refractivity contribution in [3.63, 3.8) is 0 Å². The molecule has 7 heteroatoms. The summed E-state index contributed by atoms with van der Waals surface area (Å²) < 4.78 is 9.83. The van der Waals surface area contributed by atoms with E-state index >= 15 is 0 Å². The Balaban J connectivity index is 2.72. The van der Waals surface area contributed by atoms with Crippen LogP contribution in [-0.2, 0) is 14.3 Å². The lowest BCUT2D eigenvalue weighted by molar-refractivity contribution is -0.526. The zero-order valence-corrected chi connectivity index (χ0v) is 12.7. The molecule has 6 nitrogen and oxygen atoms in total. The molecule has 1 rings (SSSR count). The van der Waals surface area contributed by atoms with Crippen molar-refractivity contribution in [1.82, 2.24) is 0 Å². The van der Waals surface area contributed by atoms with Gasteiger partial charge in [0.25, 0.3) is 0 Å². The van der Waals surface area contributed by atoms with E-state index in [1.807, 2.05) is 0 Å². The van der Waals surface area contributed by atoms with Crippen LogP contribution in [0.25, 0.3) is 0 Å². The summed E-state index contributed by atoms with van der Waals surface area (Å²) in [6.45, 7) is 0. The normalized spacial score (nSPS) is 13.5. The van der Waals surface area contributed by atoms with Crippen LogP contribution in [-0.4, -0.2) is 31.2 Å². The quantitative estimate of drug-likeness (QED) is 0.418. The molecule has 0 aliphatic rings. The molecule has 2 atom stereocenters. The van der Waals surface area contributed by atoms with Gasteiger partial charge in [0.15, 0.2) is 0 Å². The summed E-state index contributed by atoms with van der Waals surface area (Å²) >= 11 is 5.82. The van der Waals surface area contributed by atoms with E-state index in [2.05, 4.69) is 4.74 Å². The zero-order chi connectivity index (χ0) is 15.8. The first-order valence-corrected chi connectivity index (χ1v) is 6.84. The maximum atomic E-state index is 11.1. The molecule has 0 amide bonds. The van der Waals surface area contributed by atoms with Crippen molar-refractivity contribution in [3.05, 3.63) is 45.0 Å². The first-order valence-electron chi connectivity index (χ1n) is 6.46. The van der Waals surface area contributed by atoms with Crippen LogP contribution >= 0.6 is 11.6 Å². The first kappa shape index (κ1) is 17.4. The molecule has 0 aliphatic carbocycles. The molecule has 1 aromatic carbocycles. The zero-order valence-electron chi connectivity index (χ0n) is 12.0. The highest BCUT2D eigenvalue weighted by molar-refractivity contribution is 6.30. The Bertz CT molecular complexity index is 477. The van der Waals surface area contributed by atoms with E-state index in [0.29, 0.717) is 5.02 Å². The fourth-order valence-electron chi connectivity index (χ4n) is 1.99. The minimum absolute atomic E-state index is 0.0131. The number of nitrogens with zero attached hydrogens (tertiary/aromatic N) is 1. The molecule has 0 aromatic heterocycles. The molecule has 0 bridgehead atoms. The minimum Gasteiger partial charge on any atom is -0.469 e. The number of ether oxygens (including phenoxy) is 2. The number of carbonyl (C=O) groups excluding carboxylic acids is 1. The van der Waals surface area contributed by atoms with Gasteiger partial charge in [-0.15, -0.1) is 0 Å². The van der Waals surface area contributed by atoms with Crippen molar-refractivity contribution in [2.45, 2.75) is 31.4 Å². The van der Waals surface area contributed by atoms with E-state index in [0.717, 1.165) is 5.56 Å². The largest absolute Gasteiger partial charge is 0.469 e. The van der Waals surface area contributed by atoms with E-state index in [1.165, 1.54) is 14.2 Å². The molecule has 0 saturated carbocycles. The van der Waals surface area contributed by atoms with Gasteiger partial charge in [0, 0.05) is 29.9 Å². The van der Waals surface area contributed by atoms with Crippen molar-refractivity contribution in [1.29, 1.82) is 0 Å². The van der Waals surface area contributed by atoms with Gasteiger partial charge < -0.3 is 9.47 Å². The number of halogens is 1. The van der Waals surface area contributed by atoms with E-state index in [9.17, 15) is 14.9 Å². The molecule has 0 spiro atoms. The number of methoxy groups -OCH3 is 2. The molecule has 0 N–H and O–H groups in total. The monoisotopic (exact) mass is 315 g/mol. The summed E-state index contributed by atoms with van der Waals surface area (Å²) in [6.07, 6.45) is -0.107. The Hall–Kier alpha value is -1.66. The molecule has 0 aliphatic heterocycles. The van der Waals surface area contributed by atoms with Crippen molar-refractivity contribution in [3.8, 4) is 0 Å². The molecule has 1 aromatic rings. The van der Waals surface area contributed by atoms with Crippen LogP contribution < -0.4 is 0 Å². The van der Waals surface area contributed by atoms with Gasteiger partial charge in [0.2, 0.25) is 6.04 Å². The van der Waals surface area contributed by atoms with Gasteiger partial charge in [-0.25, -0.2) is 0 Å². The third-order valence-electron chi connectivity index (χ3n) is 3.22. The highest BCUT2D eigenvalue weighted by Gasteiger charge is 2.27. The number of hydrogen-bond acceptors (Lipinski definition) is 5. The number of benzene rings is 1. The summed E-state index contributed by atoms with van der Waals surface area (Å²) in [5, 5.41) is 11.7. The van der Waals surface area contributed by atoms with Gasteiger partial charge >= 0.3 is 5.97 Å². The first-order chi connectivity index (χ1) is 9.97. The molecular formula is C14H18ClNO5. The van der Waals surface area contributed by atoms with Crippen LogP contribution in [0.4, 0.5) is 0 Å². The smallest absolute Gasteiger partial charge is 0.305 e. The van der Waals surface area contributed by atoms with Crippen LogP contribution in [0.3, 0.4) is 0 Å². The lowest BCUT2D eigenvalue weighted by atomic mass is 9.99. The van der Waals surface area contributed by atoms with Crippen molar-refractivity contribution in [2.24, 2.45) is 0 Å². The van der Waals surface area contributed by atoms with E-state index < -0.39 is 18.1 Å². The number of hydrogen-bond donors (Lipinski definition) is 0. The predicted octanol–water partition coefficient (Wildman–Crippen LogP) is 3.02. The van der Waals surface area contributed by atoms with E-state index in [-0.39, 0.29) is 24.2 Å². The Labute approximate surface area is 128 Å². The number of esters is 1. The van der Waals surface area contributed by atoms with Crippen molar-refractivity contribution < 1.29 is 19.2 Å². The molecule has 2 unspecified atom stereocenters. The van der Waals surface area contributed by atoms with Gasteiger partial charge in [-0.05, 0) is 17.7 Å². The van der Waals surface area contributed by atoms with Crippen molar-refractivity contribution >= 4 is 17.6 Å². The van der Waals surface area contributed by atoms with Crippen LogP contribution in [0.2, 0.25) is 5.02 Å². The number of nitro groups is 1. The third-order valence-corrected chi connectivity index (χ3v) is 3.47. The standard InChI is InChI=1S/C14H18ClNO5/c1-20-13(10-3-5-11(15)6-4-10)9-12(16(18)19)7-8-14(17)21-2/h3-6,12-13H,7-9H2,1-2H3. The molecule has 21 heavy (non-hydrogen) atoms. The van der Waals surface area contributed by atoms with Gasteiger partial charge in [-0.1, -0.05) is 23.7 Å². The average molecular weight is 316 g/mol. The maximum Gasteiger partial charge on any atom is 0.305 e. The fourth-order valence-corrected chi connectivity index (χ4v) is 2.11. The Morgan fingerprint density at radius 3 is 2.43 bits per heavy atom. The van der Waals surface area contributed by atoms with Crippen molar-refractivity contribution in [2.75, 3.05) is 14.2 Å². The second-order valence-electron chi connectivity index (χ2n) is 4.57. The highest BCUT2D eigenvalue weighted by atomic mass is 35.5. The minimum atomic E-state index is -0.871. The van der Waals surface area contributed by atoms with Gasteiger partial charge in [-0.3, -0.25) is 14.9 Å². The van der Waals surface area contributed by atoms with Gasteiger partial charge in [0.1, 0.15) is 0 Å². The van der Waals surface area contributed by atoms with E-state index in [1.54, 1.807) is 24.3 Å². The molecule has 116 valence electrons. The second kappa shape index (κ2) is 8.59. The predicted molar refractivity (Wildman–Crippen MR) is 77.9 cm³/mol. The lowest BCUT2D eigenvalue weighted by Gasteiger charge is -2.18. The molecule has 0 saturated heterocycles. The summed E-state index contributed by atoms with van der Waals surface area (Å²) in [7, 11) is 2.76.